The van der Waals surface area contributed by atoms with E-state index in [1.807, 2.05) is 0 Å². The van der Waals surface area contributed by atoms with E-state index in [9.17, 15) is 17.6 Å². The lowest BCUT2D eigenvalue weighted by molar-refractivity contribution is -0.141. The molecule has 0 amide bonds. The minimum atomic E-state index is -4.07. The summed E-state index contributed by atoms with van der Waals surface area (Å²) in [5.74, 6) is -1.24. The summed E-state index contributed by atoms with van der Waals surface area (Å²) in [6, 6.07) is 9.83. The number of thiazole rings is 1. The van der Waals surface area contributed by atoms with Gasteiger partial charge in [0.25, 0.3) is 10.0 Å². The zero-order valence-corrected chi connectivity index (χ0v) is 15.7. The standard InChI is InChI=1S/C16H12ClFN2O4S2/c1-24-14(21)9-20-15-12(18)3-2-4-13(15)25-16(20)19-26(22,23)11-7-5-10(17)6-8-11/h2-8H,9H2,1H3. The van der Waals surface area contributed by atoms with Crippen molar-refractivity contribution in [2.24, 2.45) is 4.40 Å². The Balaban J connectivity index is 2.24. The fourth-order valence-electron chi connectivity index (χ4n) is 2.26. The molecule has 0 saturated heterocycles. The number of aromatic nitrogens is 1. The van der Waals surface area contributed by atoms with Crippen LogP contribution in [0.3, 0.4) is 0 Å². The molecule has 0 aliphatic rings. The SMILES string of the molecule is COC(=O)Cn1c(=NS(=O)(=O)c2ccc(Cl)cc2)sc2cccc(F)c21. The number of fused-ring (bicyclic) bond motifs is 1. The van der Waals surface area contributed by atoms with E-state index >= 15 is 0 Å². The van der Waals surface area contributed by atoms with Gasteiger partial charge >= 0.3 is 5.97 Å². The number of sulfonamides is 1. The molecule has 136 valence electrons. The number of methoxy groups -OCH3 is 1. The van der Waals surface area contributed by atoms with Crippen molar-refractivity contribution in [3.63, 3.8) is 0 Å². The molecule has 0 aliphatic carbocycles. The molecule has 6 nitrogen and oxygen atoms in total. The lowest BCUT2D eigenvalue weighted by Gasteiger charge is -2.04. The van der Waals surface area contributed by atoms with E-state index in [4.69, 9.17) is 11.6 Å². The molecule has 0 spiro atoms. The Labute approximate surface area is 157 Å². The topological polar surface area (TPSA) is 77.7 Å². The van der Waals surface area contributed by atoms with E-state index in [1.165, 1.54) is 48.1 Å². The minimum absolute atomic E-state index is 0.0366. The molecular weight excluding hydrogens is 403 g/mol. The molecule has 3 rings (SSSR count). The molecule has 1 aromatic heterocycles. The largest absolute Gasteiger partial charge is 0.468 e. The Morgan fingerprint density at radius 1 is 1.27 bits per heavy atom. The molecule has 0 bridgehead atoms. The second-order valence-electron chi connectivity index (χ2n) is 5.15. The summed E-state index contributed by atoms with van der Waals surface area (Å²) < 4.78 is 49.4. The number of hydrogen-bond donors (Lipinski definition) is 0. The van der Waals surface area contributed by atoms with Crippen molar-refractivity contribution in [1.82, 2.24) is 4.57 Å². The van der Waals surface area contributed by atoms with Gasteiger partial charge in [-0.25, -0.2) is 4.39 Å². The first-order valence-electron chi connectivity index (χ1n) is 7.23. The van der Waals surface area contributed by atoms with Crippen molar-refractivity contribution >= 4 is 49.1 Å². The lowest BCUT2D eigenvalue weighted by Crippen LogP contribution is -2.23. The van der Waals surface area contributed by atoms with Crippen LogP contribution in [0.25, 0.3) is 10.2 Å². The number of benzene rings is 2. The van der Waals surface area contributed by atoms with Crippen LogP contribution in [0.15, 0.2) is 51.8 Å². The maximum absolute atomic E-state index is 14.2. The van der Waals surface area contributed by atoms with Gasteiger partial charge in [0.15, 0.2) is 0 Å². The quantitative estimate of drug-likeness (QED) is 0.615. The van der Waals surface area contributed by atoms with E-state index in [2.05, 4.69) is 9.13 Å². The highest BCUT2D eigenvalue weighted by Crippen LogP contribution is 2.22. The third-order valence-corrected chi connectivity index (χ3v) is 6.17. The van der Waals surface area contributed by atoms with Crippen molar-refractivity contribution in [2.75, 3.05) is 7.11 Å². The molecule has 3 aromatic rings. The van der Waals surface area contributed by atoms with E-state index in [1.54, 1.807) is 6.07 Å². The minimum Gasteiger partial charge on any atom is -0.468 e. The maximum atomic E-state index is 14.2. The number of nitrogens with zero attached hydrogens (tertiary/aromatic N) is 2. The Kier molecular flexibility index (Phi) is 5.12. The van der Waals surface area contributed by atoms with Gasteiger partial charge in [-0.3, -0.25) is 4.79 Å². The molecule has 0 saturated carbocycles. The van der Waals surface area contributed by atoms with E-state index in [0.717, 1.165) is 11.3 Å². The van der Waals surface area contributed by atoms with Gasteiger partial charge in [-0.2, -0.15) is 8.42 Å². The van der Waals surface area contributed by atoms with E-state index in [0.29, 0.717) is 9.72 Å². The average Bonchev–Trinajstić information content (AvgIpc) is 2.93. The van der Waals surface area contributed by atoms with Gasteiger partial charge in [0.1, 0.15) is 12.4 Å². The Bertz CT molecular complexity index is 1150. The number of para-hydroxylation sites is 1. The molecule has 10 heteroatoms. The zero-order valence-electron chi connectivity index (χ0n) is 13.3. The van der Waals surface area contributed by atoms with Crippen LogP contribution < -0.4 is 4.80 Å². The highest BCUT2D eigenvalue weighted by Gasteiger charge is 2.18. The first-order chi connectivity index (χ1) is 12.3. The monoisotopic (exact) mass is 414 g/mol. The van der Waals surface area contributed by atoms with Gasteiger partial charge in [-0.15, -0.1) is 4.40 Å². The van der Waals surface area contributed by atoms with Crippen molar-refractivity contribution in [1.29, 1.82) is 0 Å². The number of rotatable bonds is 4. The number of carbonyl (C=O) groups excluding carboxylic acids is 1. The first-order valence-corrected chi connectivity index (χ1v) is 9.86. The number of hydrogen-bond acceptors (Lipinski definition) is 5. The Hall–Kier alpha value is -2.23. The summed E-state index contributed by atoms with van der Waals surface area (Å²) in [6.07, 6.45) is 0. The zero-order chi connectivity index (χ0) is 18.9. The molecular formula is C16H12ClFN2O4S2. The van der Waals surface area contributed by atoms with E-state index in [-0.39, 0.29) is 21.8 Å². The van der Waals surface area contributed by atoms with Gasteiger partial charge in [-0.1, -0.05) is 29.0 Å². The molecule has 0 N–H and O–H groups in total. The Morgan fingerprint density at radius 2 is 1.96 bits per heavy atom. The normalized spacial score (nSPS) is 12.5. The molecule has 2 aromatic carbocycles. The number of halogens is 2. The third kappa shape index (κ3) is 3.64. The fourth-order valence-corrected chi connectivity index (χ4v) is 4.63. The van der Waals surface area contributed by atoms with Crippen molar-refractivity contribution < 1.29 is 22.3 Å². The van der Waals surface area contributed by atoms with Crippen LogP contribution in [0.2, 0.25) is 5.02 Å². The smallest absolute Gasteiger partial charge is 0.325 e. The molecule has 0 aliphatic heterocycles. The van der Waals surface area contributed by atoms with Gasteiger partial charge in [0.2, 0.25) is 4.80 Å². The number of carbonyl (C=O) groups is 1. The second kappa shape index (κ2) is 7.18. The Morgan fingerprint density at radius 3 is 2.62 bits per heavy atom. The van der Waals surface area contributed by atoms with E-state index < -0.39 is 21.8 Å². The molecule has 0 atom stereocenters. The van der Waals surface area contributed by atoms with Crippen LogP contribution in [-0.4, -0.2) is 26.1 Å². The van der Waals surface area contributed by atoms with Crippen molar-refractivity contribution in [2.45, 2.75) is 11.4 Å². The predicted molar refractivity (Wildman–Crippen MR) is 96.0 cm³/mol. The average molecular weight is 415 g/mol. The fraction of sp³-hybridized carbons (Fsp3) is 0.125. The van der Waals surface area contributed by atoms with Crippen LogP contribution in [0, 0.1) is 5.82 Å². The number of esters is 1. The summed E-state index contributed by atoms with van der Waals surface area (Å²) >= 11 is 6.73. The summed E-state index contributed by atoms with van der Waals surface area (Å²) in [6.45, 7) is -0.369. The molecule has 0 unspecified atom stereocenters. The van der Waals surface area contributed by atoms with Crippen LogP contribution in [0.1, 0.15) is 0 Å². The molecule has 26 heavy (non-hydrogen) atoms. The van der Waals surface area contributed by atoms with Crippen LogP contribution in [-0.2, 0) is 26.1 Å². The molecule has 0 fully saturated rings. The third-order valence-electron chi connectivity index (χ3n) is 3.48. The summed E-state index contributed by atoms with van der Waals surface area (Å²) in [5.41, 5.74) is 0.0907. The van der Waals surface area contributed by atoms with Gasteiger partial charge in [0.05, 0.1) is 22.2 Å². The van der Waals surface area contributed by atoms with Crippen LogP contribution >= 0.6 is 22.9 Å². The first kappa shape index (κ1) is 18.6. The maximum Gasteiger partial charge on any atom is 0.325 e. The summed E-state index contributed by atoms with van der Waals surface area (Å²) in [5, 5.41) is 0.383. The second-order valence-corrected chi connectivity index (χ2v) is 8.20. The molecule has 1 heterocycles. The highest BCUT2D eigenvalue weighted by atomic mass is 35.5. The summed E-state index contributed by atoms with van der Waals surface area (Å²) in [7, 11) is -2.88. The van der Waals surface area contributed by atoms with Crippen LogP contribution in [0.5, 0.6) is 0 Å². The van der Waals surface area contributed by atoms with Crippen molar-refractivity contribution in [3.05, 3.63) is 58.1 Å². The van der Waals surface area contributed by atoms with Crippen molar-refractivity contribution in [3.8, 4) is 0 Å². The van der Waals surface area contributed by atoms with Gasteiger partial charge in [0, 0.05) is 5.02 Å². The highest BCUT2D eigenvalue weighted by molar-refractivity contribution is 7.90. The number of ether oxygens (including phenoxy) is 1. The molecule has 0 radical (unpaired) electrons. The van der Waals surface area contributed by atoms with Gasteiger partial charge < -0.3 is 9.30 Å². The summed E-state index contributed by atoms with van der Waals surface area (Å²) in [4.78, 5) is 11.6. The van der Waals surface area contributed by atoms with Crippen LogP contribution in [0.4, 0.5) is 4.39 Å². The predicted octanol–water partition coefficient (Wildman–Crippen LogP) is 2.96. The lowest BCUT2D eigenvalue weighted by atomic mass is 10.3. The van der Waals surface area contributed by atoms with Gasteiger partial charge in [-0.05, 0) is 36.4 Å².